The molecule has 1 unspecified atom stereocenters. The zero-order valence-electron chi connectivity index (χ0n) is 11.2. The molecule has 3 nitrogen and oxygen atoms in total. The number of rotatable bonds is 5. The van der Waals surface area contributed by atoms with Crippen molar-refractivity contribution in [2.24, 2.45) is 5.92 Å². The highest BCUT2D eigenvalue weighted by molar-refractivity contribution is 5.91. The van der Waals surface area contributed by atoms with Gasteiger partial charge in [-0.3, -0.25) is 4.98 Å². The first-order chi connectivity index (χ1) is 8.70. The molecule has 1 heterocycles. The van der Waals surface area contributed by atoms with Gasteiger partial charge in [0, 0.05) is 30.4 Å². The zero-order chi connectivity index (χ0) is 13.0. The first-order valence-electron chi connectivity index (χ1n) is 6.30. The van der Waals surface area contributed by atoms with Gasteiger partial charge in [0.05, 0.1) is 12.1 Å². The van der Waals surface area contributed by atoms with Crippen LogP contribution >= 0.6 is 0 Å². The molecule has 1 atom stereocenters. The summed E-state index contributed by atoms with van der Waals surface area (Å²) >= 11 is 0. The predicted molar refractivity (Wildman–Crippen MR) is 76.0 cm³/mol. The lowest BCUT2D eigenvalue weighted by Gasteiger charge is -2.14. The summed E-state index contributed by atoms with van der Waals surface area (Å²) in [7, 11) is 1.74. The van der Waals surface area contributed by atoms with Crippen molar-refractivity contribution in [1.29, 1.82) is 0 Å². The number of benzene rings is 1. The van der Waals surface area contributed by atoms with Crippen molar-refractivity contribution in [3.63, 3.8) is 0 Å². The molecule has 0 aliphatic heterocycles. The van der Waals surface area contributed by atoms with Gasteiger partial charge in [-0.2, -0.15) is 0 Å². The number of para-hydroxylation sites is 1. The third-order valence-corrected chi connectivity index (χ3v) is 2.94. The van der Waals surface area contributed by atoms with Gasteiger partial charge >= 0.3 is 0 Å². The van der Waals surface area contributed by atoms with Gasteiger partial charge in [-0.25, -0.2) is 0 Å². The van der Waals surface area contributed by atoms with Gasteiger partial charge in [0.1, 0.15) is 0 Å². The number of hydrogen-bond donors (Lipinski definition) is 1. The van der Waals surface area contributed by atoms with Gasteiger partial charge in [0.2, 0.25) is 0 Å². The molecule has 0 aliphatic rings. The summed E-state index contributed by atoms with van der Waals surface area (Å²) in [4.78, 5) is 4.54. The van der Waals surface area contributed by atoms with Crippen molar-refractivity contribution in [3.8, 4) is 0 Å². The number of anilines is 1. The number of aryl methyl sites for hydroxylation is 1. The minimum atomic E-state index is 0.488. The number of hydrogen-bond acceptors (Lipinski definition) is 3. The Morgan fingerprint density at radius 3 is 2.89 bits per heavy atom. The standard InChI is InChI=1S/C15H20N2O/c1-11(10-18-3)9-16-15-8-12(2)17-14-7-5-4-6-13(14)15/h4-8,11H,9-10H2,1-3H3,(H,16,17). The Morgan fingerprint density at radius 1 is 1.33 bits per heavy atom. The van der Waals surface area contributed by atoms with Crippen LogP contribution in [-0.4, -0.2) is 25.2 Å². The third-order valence-electron chi connectivity index (χ3n) is 2.94. The van der Waals surface area contributed by atoms with Gasteiger partial charge in [0.15, 0.2) is 0 Å². The van der Waals surface area contributed by atoms with E-state index >= 15 is 0 Å². The fourth-order valence-electron chi connectivity index (χ4n) is 2.08. The Morgan fingerprint density at radius 2 is 2.11 bits per heavy atom. The highest BCUT2D eigenvalue weighted by Gasteiger charge is 2.05. The fourth-order valence-corrected chi connectivity index (χ4v) is 2.08. The van der Waals surface area contributed by atoms with Crippen molar-refractivity contribution in [1.82, 2.24) is 4.98 Å². The SMILES string of the molecule is COCC(C)CNc1cc(C)nc2ccccc12. The lowest BCUT2D eigenvalue weighted by molar-refractivity contribution is 0.164. The van der Waals surface area contributed by atoms with Crippen LogP contribution in [0.3, 0.4) is 0 Å². The maximum atomic E-state index is 5.15. The van der Waals surface area contributed by atoms with E-state index in [4.69, 9.17) is 4.74 Å². The number of pyridine rings is 1. The van der Waals surface area contributed by atoms with Crippen molar-refractivity contribution in [3.05, 3.63) is 36.0 Å². The maximum Gasteiger partial charge on any atom is 0.0725 e. The van der Waals surface area contributed by atoms with Gasteiger partial charge in [0.25, 0.3) is 0 Å². The summed E-state index contributed by atoms with van der Waals surface area (Å²) in [6.07, 6.45) is 0. The van der Waals surface area contributed by atoms with Crippen LogP contribution in [0.15, 0.2) is 30.3 Å². The number of aromatic nitrogens is 1. The molecule has 3 heteroatoms. The average Bonchev–Trinajstić information content (AvgIpc) is 2.36. The molecule has 0 spiro atoms. The van der Waals surface area contributed by atoms with Gasteiger partial charge in [-0.15, -0.1) is 0 Å². The molecule has 0 amide bonds. The zero-order valence-corrected chi connectivity index (χ0v) is 11.2. The summed E-state index contributed by atoms with van der Waals surface area (Å²) in [5, 5.41) is 4.67. The largest absolute Gasteiger partial charge is 0.384 e. The number of methoxy groups -OCH3 is 1. The quantitative estimate of drug-likeness (QED) is 0.876. The lowest BCUT2D eigenvalue weighted by Crippen LogP contribution is -2.16. The van der Waals surface area contributed by atoms with Gasteiger partial charge in [-0.05, 0) is 25.0 Å². The van der Waals surface area contributed by atoms with E-state index in [2.05, 4.69) is 29.4 Å². The lowest BCUT2D eigenvalue weighted by atomic mass is 10.1. The van der Waals surface area contributed by atoms with Crippen molar-refractivity contribution >= 4 is 16.6 Å². The minimum absolute atomic E-state index is 0.488. The Balaban J connectivity index is 2.21. The highest BCUT2D eigenvalue weighted by Crippen LogP contribution is 2.23. The topological polar surface area (TPSA) is 34.1 Å². The van der Waals surface area contributed by atoms with Crippen LogP contribution in [0, 0.1) is 12.8 Å². The van der Waals surface area contributed by atoms with E-state index in [0.29, 0.717) is 5.92 Å². The van der Waals surface area contributed by atoms with E-state index in [9.17, 15) is 0 Å². The fraction of sp³-hybridized carbons (Fsp3) is 0.400. The van der Waals surface area contributed by atoms with Crippen LogP contribution in [0.2, 0.25) is 0 Å². The number of nitrogens with zero attached hydrogens (tertiary/aromatic N) is 1. The Bertz CT molecular complexity index is 525. The molecule has 2 aromatic rings. The molecule has 1 aromatic carbocycles. The molecule has 0 aliphatic carbocycles. The second kappa shape index (κ2) is 5.83. The third kappa shape index (κ3) is 2.99. The summed E-state index contributed by atoms with van der Waals surface area (Å²) in [5.74, 6) is 0.488. The number of nitrogens with one attached hydrogen (secondary N) is 1. The number of fused-ring (bicyclic) bond motifs is 1. The second-order valence-corrected chi connectivity index (χ2v) is 4.77. The minimum Gasteiger partial charge on any atom is -0.384 e. The normalized spacial score (nSPS) is 12.6. The van der Waals surface area contributed by atoms with E-state index in [-0.39, 0.29) is 0 Å². The maximum absolute atomic E-state index is 5.15. The van der Waals surface area contributed by atoms with Crippen LogP contribution in [0.1, 0.15) is 12.6 Å². The van der Waals surface area contributed by atoms with Crippen molar-refractivity contribution in [2.75, 3.05) is 25.6 Å². The molecule has 0 radical (unpaired) electrons. The summed E-state index contributed by atoms with van der Waals surface area (Å²) in [6.45, 7) is 5.87. The Kier molecular flexibility index (Phi) is 4.15. The second-order valence-electron chi connectivity index (χ2n) is 4.77. The van der Waals surface area contributed by atoms with Crippen LogP contribution in [0.5, 0.6) is 0 Å². The van der Waals surface area contributed by atoms with Crippen LogP contribution in [0.4, 0.5) is 5.69 Å². The molecule has 0 bridgehead atoms. The van der Waals surface area contributed by atoms with Gasteiger partial charge < -0.3 is 10.1 Å². The monoisotopic (exact) mass is 244 g/mol. The molecule has 18 heavy (non-hydrogen) atoms. The molecule has 0 saturated heterocycles. The van der Waals surface area contributed by atoms with Crippen LogP contribution in [-0.2, 0) is 4.74 Å². The Hall–Kier alpha value is -1.61. The first-order valence-corrected chi connectivity index (χ1v) is 6.30. The summed E-state index contributed by atoms with van der Waals surface area (Å²) in [6, 6.07) is 10.3. The Labute approximate surface area is 108 Å². The molecular formula is C15H20N2O. The van der Waals surface area contributed by atoms with E-state index in [1.807, 2.05) is 25.1 Å². The van der Waals surface area contributed by atoms with Crippen molar-refractivity contribution in [2.45, 2.75) is 13.8 Å². The predicted octanol–water partition coefficient (Wildman–Crippen LogP) is 3.24. The van der Waals surface area contributed by atoms with E-state index in [1.54, 1.807) is 7.11 Å². The molecule has 1 N–H and O–H groups in total. The highest BCUT2D eigenvalue weighted by atomic mass is 16.5. The van der Waals surface area contributed by atoms with Crippen LogP contribution < -0.4 is 5.32 Å². The summed E-state index contributed by atoms with van der Waals surface area (Å²) in [5.41, 5.74) is 3.23. The molecule has 0 saturated carbocycles. The summed E-state index contributed by atoms with van der Waals surface area (Å²) < 4.78 is 5.15. The molecule has 2 rings (SSSR count). The molecule has 1 aromatic heterocycles. The van der Waals surface area contributed by atoms with E-state index in [0.717, 1.165) is 30.0 Å². The molecule has 96 valence electrons. The number of ether oxygens (including phenoxy) is 1. The molecule has 0 fully saturated rings. The molecular weight excluding hydrogens is 224 g/mol. The van der Waals surface area contributed by atoms with E-state index in [1.165, 1.54) is 5.39 Å². The van der Waals surface area contributed by atoms with Crippen LogP contribution in [0.25, 0.3) is 10.9 Å². The van der Waals surface area contributed by atoms with Crippen molar-refractivity contribution < 1.29 is 4.74 Å². The van der Waals surface area contributed by atoms with Gasteiger partial charge in [-0.1, -0.05) is 25.1 Å². The van der Waals surface area contributed by atoms with E-state index < -0.39 is 0 Å². The first kappa shape index (κ1) is 12.8. The smallest absolute Gasteiger partial charge is 0.0725 e. The average molecular weight is 244 g/mol.